The first-order chi connectivity index (χ1) is 9.25. The van der Waals surface area contributed by atoms with Crippen LogP contribution in [0.15, 0.2) is 60.7 Å². The molecule has 2 N–H and O–H groups in total. The SMILES string of the molecule is O=C(/C=C/c1ccccc1O)NCc1ccccc1. The second kappa shape index (κ2) is 6.40. The molecule has 0 aromatic heterocycles. The normalized spacial score (nSPS) is 10.5. The minimum absolute atomic E-state index is 0.162. The molecule has 0 radical (unpaired) electrons. The molecule has 0 aliphatic carbocycles. The van der Waals surface area contributed by atoms with Gasteiger partial charge in [-0.3, -0.25) is 4.79 Å². The Balaban J connectivity index is 1.90. The molecule has 3 nitrogen and oxygen atoms in total. The number of nitrogens with one attached hydrogen (secondary N) is 1. The molecule has 0 atom stereocenters. The van der Waals surface area contributed by atoms with Gasteiger partial charge in [-0.05, 0) is 17.7 Å². The molecule has 0 heterocycles. The number of carbonyl (C=O) groups is 1. The minimum atomic E-state index is -0.188. The molecular weight excluding hydrogens is 238 g/mol. The predicted molar refractivity (Wildman–Crippen MR) is 75.4 cm³/mol. The minimum Gasteiger partial charge on any atom is -0.507 e. The summed E-state index contributed by atoms with van der Waals surface area (Å²) in [5.74, 6) is -0.0262. The monoisotopic (exact) mass is 253 g/mol. The summed E-state index contributed by atoms with van der Waals surface area (Å²) >= 11 is 0. The van der Waals surface area contributed by atoms with Crippen LogP contribution in [0.4, 0.5) is 0 Å². The van der Waals surface area contributed by atoms with E-state index in [1.54, 1.807) is 30.3 Å². The van der Waals surface area contributed by atoms with Crippen LogP contribution in [0.25, 0.3) is 6.08 Å². The Morgan fingerprint density at radius 2 is 1.74 bits per heavy atom. The molecule has 0 bridgehead atoms. The van der Waals surface area contributed by atoms with Gasteiger partial charge in [0.15, 0.2) is 0 Å². The number of phenols is 1. The fraction of sp³-hybridized carbons (Fsp3) is 0.0625. The van der Waals surface area contributed by atoms with Crippen LogP contribution < -0.4 is 5.32 Å². The second-order valence-electron chi connectivity index (χ2n) is 4.10. The van der Waals surface area contributed by atoms with Gasteiger partial charge in [0.1, 0.15) is 5.75 Å². The van der Waals surface area contributed by atoms with E-state index < -0.39 is 0 Å². The fourth-order valence-electron chi connectivity index (χ4n) is 1.64. The Hall–Kier alpha value is -2.55. The maximum Gasteiger partial charge on any atom is 0.244 e. The van der Waals surface area contributed by atoms with Crippen molar-refractivity contribution < 1.29 is 9.90 Å². The number of benzene rings is 2. The molecule has 2 aromatic carbocycles. The molecule has 0 unspecified atom stereocenters. The van der Waals surface area contributed by atoms with Crippen molar-refractivity contribution in [2.24, 2.45) is 0 Å². The van der Waals surface area contributed by atoms with Gasteiger partial charge in [0.2, 0.25) is 5.91 Å². The van der Waals surface area contributed by atoms with Crippen molar-refractivity contribution in [3.05, 3.63) is 71.8 Å². The van der Waals surface area contributed by atoms with Crippen LogP contribution in [0.3, 0.4) is 0 Å². The highest BCUT2D eigenvalue weighted by Crippen LogP contribution is 2.16. The van der Waals surface area contributed by atoms with Gasteiger partial charge in [-0.15, -0.1) is 0 Å². The summed E-state index contributed by atoms with van der Waals surface area (Å²) in [6.45, 7) is 0.491. The number of amides is 1. The predicted octanol–water partition coefficient (Wildman–Crippen LogP) is 2.72. The van der Waals surface area contributed by atoms with E-state index in [1.807, 2.05) is 30.3 Å². The van der Waals surface area contributed by atoms with Crippen LogP contribution in [0, 0.1) is 0 Å². The molecule has 0 saturated carbocycles. The lowest BCUT2D eigenvalue weighted by molar-refractivity contribution is -0.116. The molecule has 3 heteroatoms. The van der Waals surface area contributed by atoms with Crippen LogP contribution in [0.5, 0.6) is 5.75 Å². The molecule has 0 spiro atoms. The van der Waals surface area contributed by atoms with Crippen molar-refractivity contribution in [1.82, 2.24) is 5.32 Å². The molecule has 19 heavy (non-hydrogen) atoms. The van der Waals surface area contributed by atoms with Crippen LogP contribution in [0.2, 0.25) is 0 Å². The third-order valence-electron chi connectivity index (χ3n) is 2.66. The maximum absolute atomic E-state index is 11.6. The van der Waals surface area contributed by atoms with E-state index in [0.717, 1.165) is 5.56 Å². The van der Waals surface area contributed by atoms with E-state index in [2.05, 4.69) is 5.32 Å². The quantitative estimate of drug-likeness (QED) is 0.823. The first kappa shape index (κ1) is 12.9. The number of para-hydroxylation sites is 1. The largest absolute Gasteiger partial charge is 0.507 e. The van der Waals surface area contributed by atoms with E-state index in [-0.39, 0.29) is 11.7 Å². The summed E-state index contributed by atoms with van der Waals surface area (Å²) in [5, 5.41) is 12.3. The van der Waals surface area contributed by atoms with Gasteiger partial charge in [0.05, 0.1) is 0 Å². The smallest absolute Gasteiger partial charge is 0.244 e. The number of aromatic hydroxyl groups is 1. The van der Waals surface area contributed by atoms with Crippen molar-refractivity contribution in [1.29, 1.82) is 0 Å². The lowest BCUT2D eigenvalue weighted by Crippen LogP contribution is -2.20. The Kier molecular flexibility index (Phi) is 4.34. The first-order valence-corrected chi connectivity index (χ1v) is 6.03. The fourth-order valence-corrected chi connectivity index (χ4v) is 1.64. The summed E-state index contributed by atoms with van der Waals surface area (Å²) < 4.78 is 0. The number of hydrogen-bond donors (Lipinski definition) is 2. The summed E-state index contributed by atoms with van der Waals surface area (Å²) in [4.78, 5) is 11.6. The van der Waals surface area contributed by atoms with Gasteiger partial charge in [0, 0.05) is 18.2 Å². The molecule has 0 fully saturated rings. The molecule has 1 amide bonds. The molecule has 2 aromatic rings. The Labute approximate surface area is 112 Å². The van der Waals surface area contributed by atoms with Crippen LogP contribution >= 0.6 is 0 Å². The molecule has 0 aliphatic rings. The van der Waals surface area contributed by atoms with E-state index in [1.165, 1.54) is 6.08 Å². The maximum atomic E-state index is 11.6. The molecule has 0 saturated heterocycles. The lowest BCUT2D eigenvalue weighted by Gasteiger charge is -2.02. The van der Waals surface area contributed by atoms with Gasteiger partial charge in [0.25, 0.3) is 0 Å². The molecule has 2 rings (SSSR count). The molecule has 96 valence electrons. The van der Waals surface area contributed by atoms with E-state index >= 15 is 0 Å². The average Bonchev–Trinajstić information content (AvgIpc) is 2.45. The summed E-state index contributed by atoms with van der Waals surface area (Å²) in [6.07, 6.45) is 3.01. The highest BCUT2D eigenvalue weighted by molar-refractivity contribution is 5.92. The number of phenolic OH excluding ortho intramolecular Hbond substituents is 1. The van der Waals surface area contributed by atoms with Crippen LogP contribution in [0.1, 0.15) is 11.1 Å². The Bertz CT molecular complexity index is 576. The highest BCUT2D eigenvalue weighted by Gasteiger charge is 1.98. The van der Waals surface area contributed by atoms with Crippen molar-refractivity contribution >= 4 is 12.0 Å². The number of carbonyl (C=O) groups excluding carboxylic acids is 1. The Morgan fingerprint density at radius 3 is 2.47 bits per heavy atom. The second-order valence-corrected chi connectivity index (χ2v) is 4.10. The van der Waals surface area contributed by atoms with Crippen molar-refractivity contribution in [3.8, 4) is 5.75 Å². The first-order valence-electron chi connectivity index (χ1n) is 6.03. The summed E-state index contributed by atoms with van der Waals surface area (Å²) in [6, 6.07) is 16.6. The summed E-state index contributed by atoms with van der Waals surface area (Å²) in [7, 11) is 0. The molecule has 0 aliphatic heterocycles. The third-order valence-corrected chi connectivity index (χ3v) is 2.66. The molecular formula is C16H15NO2. The lowest BCUT2D eigenvalue weighted by atomic mass is 10.2. The standard InChI is InChI=1S/C16H15NO2/c18-15-9-5-4-8-14(15)10-11-16(19)17-12-13-6-2-1-3-7-13/h1-11,18H,12H2,(H,17,19)/b11-10+. The van der Waals surface area contributed by atoms with Gasteiger partial charge in [-0.2, -0.15) is 0 Å². The zero-order valence-corrected chi connectivity index (χ0v) is 10.4. The topological polar surface area (TPSA) is 49.3 Å². The van der Waals surface area contributed by atoms with Crippen molar-refractivity contribution in [3.63, 3.8) is 0 Å². The zero-order valence-electron chi connectivity index (χ0n) is 10.4. The van der Waals surface area contributed by atoms with Gasteiger partial charge >= 0.3 is 0 Å². The third kappa shape index (κ3) is 4.00. The van der Waals surface area contributed by atoms with Gasteiger partial charge < -0.3 is 10.4 Å². The van der Waals surface area contributed by atoms with E-state index in [4.69, 9.17) is 0 Å². The number of hydrogen-bond acceptors (Lipinski definition) is 2. The highest BCUT2D eigenvalue weighted by atomic mass is 16.3. The van der Waals surface area contributed by atoms with Crippen molar-refractivity contribution in [2.45, 2.75) is 6.54 Å². The van der Waals surface area contributed by atoms with Crippen molar-refractivity contribution in [2.75, 3.05) is 0 Å². The van der Waals surface area contributed by atoms with Crippen LogP contribution in [-0.4, -0.2) is 11.0 Å². The van der Waals surface area contributed by atoms with Gasteiger partial charge in [-0.1, -0.05) is 48.5 Å². The van der Waals surface area contributed by atoms with Gasteiger partial charge in [-0.25, -0.2) is 0 Å². The van der Waals surface area contributed by atoms with Crippen LogP contribution in [-0.2, 0) is 11.3 Å². The summed E-state index contributed by atoms with van der Waals surface area (Å²) in [5.41, 5.74) is 1.67. The zero-order chi connectivity index (χ0) is 13.5. The van der Waals surface area contributed by atoms with E-state index in [9.17, 15) is 9.90 Å². The average molecular weight is 253 g/mol. The van der Waals surface area contributed by atoms with E-state index in [0.29, 0.717) is 12.1 Å². The Morgan fingerprint density at radius 1 is 1.05 bits per heavy atom. The number of rotatable bonds is 4.